The Bertz CT molecular complexity index is 808. The van der Waals surface area contributed by atoms with E-state index in [1.165, 1.54) is 7.11 Å². The van der Waals surface area contributed by atoms with Crippen molar-refractivity contribution < 1.29 is 14.3 Å². The number of carbonyl (C=O) groups is 1. The summed E-state index contributed by atoms with van der Waals surface area (Å²) >= 11 is 0. The molecule has 0 spiro atoms. The van der Waals surface area contributed by atoms with Crippen molar-refractivity contribution in [2.24, 2.45) is 0 Å². The molecule has 0 N–H and O–H groups in total. The molecule has 124 valence electrons. The van der Waals surface area contributed by atoms with Crippen molar-refractivity contribution in [3.8, 4) is 5.75 Å². The van der Waals surface area contributed by atoms with Crippen LogP contribution in [0.4, 0.5) is 0 Å². The zero-order valence-electron chi connectivity index (χ0n) is 13.8. The van der Waals surface area contributed by atoms with Crippen molar-refractivity contribution in [3.05, 3.63) is 66.4 Å². The number of aromatic nitrogens is 1. The third-order valence-electron chi connectivity index (χ3n) is 4.02. The molecule has 0 amide bonds. The summed E-state index contributed by atoms with van der Waals surface area (Å²) in [5.74, 6) is 0.710. The first kappa shape index (κ1) is 16.1. The fourth-order valence-corrected chi connectivity index (χ4v) is 2.75. The Morgan fingerprint density at radius 3 is 2.67 bits per heavy atom. The second kappa shape index (κ2) is 7.68. The van der Waals surface area contributed by atoms with Gasteiger partial charge in [-0.25, -0.2) is 0 Å². The van der Waals surface area contributed by atoms with E-state index in [9.17, 15) is 4.79 Å². The van der Waals surface area contributed by atoms with Gasteiger partial charge in [-0.15, -0.1) is 0 Å². The van der Waals surface area contributed by atoms with E-state index in [2.05, 4.69) is 33.6 Å². The van der Waals surface area contributed by atoms with E-state index < -0.39 is 0 Å². The van der Waals surface area contributed by atoms with Gasteiger partial charge in [0.15, 0.2) is 0 Å². The molecule has 2 aromatic carbocycles. The number of hydrogen-bond acceptors (Lipinski definition) is 3. The van der Waals surface area contributed by atoms with Crippen molar-refractivity contribution in [1.82, 2.24) is 4.57 Å². The molecule has 0 aliphatic carbocycles. The van der Waals surface area contributed by atoms with Crippen LogP contribution in [0.3, 0.4) is 0 Å². The van der Waals surface area contributed by atoms with Crippen LogP contribution in [0.2, 0.25) is 0 Å². The Balaban J connectivity index is 1.70. The number of nitrogens with zero attached hydrogens (tertiary/aromatic N) is 1. The lowest BCUT2D eigenvalue weighted by Crippen LogP contribution is -2.03. The lowest BCUT2D eigenvalue weighted by molar-refractivity contribution is -0.140. The van der Waals surface area contributed by atoms with Gasteiger partial charge in [0.1, 0.15) is 12.4 Å². The molecule has 0 radical (unpaired) electrons. The van der Waals surface area contributed by atoms with E-state index in [0.717, 1.165) is 35.2 Å². The minimum atomic E-state index is -0.168. The number of hydrogen-bond donors (Lipinski definition) is 0. The SMILES string of the molecule is COC(=O)CCCn1ccc2c(OCc3ccccc3)cccc21. The summed E-state index contributed by atoms with van der Waals surface area (Å²) in [5, 5.41) is 1.09. The van der Waals surface area contributed by atoms with Gasteiger partial charge in [-0.3, -0.25) is 4.79 Å². The normalized spacial score (nSPS) is 10.7. The van der Waals surface area contributed by atoms with Crippen molar-refractivity contribution in [2.75, 3.05) is 7.11 Å². The molecule has 4 heteroatoms. The molecule has 0 bridgehead atoms. The number of esters is 1. The summed E-state index contributed by atoms with van der Waals surface area (Å²) < 4.78 is 12.8. The standard InChI is InChI=1S/C20H21NO3/c1-23-20(22)11-6-13-21-14-12-17-18(21)9-5-10-19(17)24-15-16-7-3-2-4-8-16/h2-5,7-10,12,14H,6,11,13,15H2,1H3. The Labute approximate surface area is 141 Å². The van der Waals surface area contributed by atoms with E-state index in [0.29, 0.717) is 13.0 Å². The van der Waals surface area contributed by atoms with Crippen LogP contribution in [-0.4, -0.2) is 17.6 Å². The molecule has 0 saturated heterocycles. The van der Waals surface area contributed by atoms with Crippen LogP contribution in [0.1, 0.15) is 18.4 Å². The van der Waals surface area contributed by atoms with Gasteiger partial charge in [-0.05, 0) is 30.2 Å². The zero-order chi connectivity index (χ0) is 16.8. The van der Waals surface area contributed by atoms with Crippen LogP contribution in [0.5, 0.6) is 5.75 Å². The number of fused-ring (bicyclic) bond motifs is 1. The molecule has 3 aromatic rings. The molecule has 0 saturated carbocycles. The summed E-state index contributed by atoms with van der Waals surface area (Å²) in [5.41, 5.74) is 2.26. The van der Waals surface area contributed by atoms with E-state index in [1.54, 1.807) is 0 Å². The Hall–Kier alpha value is -2.75. The molecule has 24 heavy (non-hydrogen) atoms. The summed E-state index contributed by atoms with van der Waals surface area (Å²) in [6.45, 7) is 1.33. The number of methoxy groups -OCH3 is 1. The van der Waals surface area contributed by atoms with E-state index >= 15 is 0 Å². The van der Waals surface area contributed by atoms with E-state index in [4.69, 9.17) is 4.74 Å². The number of rotatable bonds is 7. The Kier molecular flexibility index (Phi) is 5.16. The van der Waals surface area contributed by atoms with Gasteiger partial charge in [-0.2, -0.15) is 0 Å². The molecule has 1 aromatic heterocycles. The topological polar surface area (TPSA) is 40.5 Å². The number of ether oxygens (including phenoxy) is 2. The fourth-order valence-electron chi connectivity index (χ4n) is 2.75. The highest BCUT2D eigenvalue weighted by Crippen LogP contribution is 2.27. The van der Waals surface area contributed by atoms with Crippen LogP contribution >= 0.6 is 0 Å². The lowest BCUT2D eigenvalue weighted by atomic mass is 10.2. The van der Waals surface area contributed by atoms with Crippen LogP contribution in [0.15, 0.2) is 60.8 Å². The van der Waals surface area contributed by atoms with E-state index in [-0.39, 0.29) is 5.97 Å². The highest BCUT2D eigenvalue weighted by molar-refractivity contribution is 5.86. The van der Waals surface area contributed by atoms with E-state index in [1.807, 2.05) is 36.5 Å². The second-order valence-corrected chi connectivity index (χ2v) is 5.65. The maximum atomic E-state index is 11.2. The molecular weight excluding hydrogens is 302 g/mol. The minimum absolute atomic E-state index is 0.168. The maximum Gasteiger partial charge on any atom is 0.305 e. The van der Waals surface area contributed by atoms with Gasteiger partial charge < -0.3 is 14.0 Å². The van der Waals surface area contributed by atoms with Crippen LogP contribution in [-0.2, 0) is 22.7 Å². The highest BCUT2D eigenvalue weighted by Gasteiger charge is 2.08. The van der Waals surface area contributed by atoms with Gasteiger partial charge >= 0.3 is 5.97 Å². The first-order valence-electron chi connectivity index (χ1n) is 8.09. The average Bonchev–Trinajstić information content (AvgIpc) is 3.04. The third-order valence-corrected chi connectivity index (χ3v) is 4.02. The van der Waals surface area contributed by atoms with Crippen molar-refractivity contribution in [2.45, 2.75) is 26.0 Å². The molecule has 0 aliphatic heterocycles. The quantitative estimate of drug-likeness (QED) is 0.613. The molecule has 0 atom stereocenters. The largest absolute Gasteiger partial charge is 0.488 e. The zero-order valence-corrected chi connectivity index (χ0v) is 13.8. The molecule has 0 aliphatic rings. The predicted octanol–water partition coefficient (Wildman–Crippen LogP) is 4.17. The number of benzene rings is 2. The van der Waals surface area contributed by atoms with Gasteiger partial charge in [-0.1, -0.05) is 36.4 Å². The number of carbonyl (C=O) groups excluding carboxylic acids is 1. The molecule has 0 fully saturated rings. The second-order valence-electron chi connectivity index (χ2n) is 5.65. The summed E-state index contributed by atoms with van der Waals surface area (Å²) in [6, 6.07) is 18.3. The summed E-state index contributed by atoms with van der Waals surface area (Å²) in [7, 11) is 1.42. The lowest BCUT2D eigenvalue weighted by Gasteiger charge is -2.09. The third kappa shape index (κ3) is 3.77. The van der Waals surface area contributed by atoms with Gasteiger partial charge in [0, 0.05) is 24.5 Å². The van der Waals surface area contributed by atoms with Crippen molar-refractivity contribution in [3.63, 3.8) is 0 Å². The molecular formula is C20H21NO3. The summed E-state index contributed by atoms with van der Waals surface area (Å²) in [4.78, 5) is 11.2. The van der Waals surface area contributed by atoms with Crippen LogP contribution in [0, 0.1) is 0 Å². The fraction of sp³-hybridized carbons (Fsp3) is 0.250. The predicted molar refractivity (Wildman–Crippen MR) is 94.0 cm³/mol. The summed E-state index contributed by atoms with van der Waals surface area (Å²) in [6.07, 6.45) is 3.23. The average molecular weight is 323 g/mol. The van der Waals surface area contributed by atoms with Gasteiger partial charge in [0.05, 0.1) is 12.6 Å². The van der Waals surface area contributed by atoms with Crippen molar-refractivity contribution in [1.29, 1.82) is 0 Å². The molecule has 3 rings (SSSR count). The van der Waals surface area contributed by atoms with Crippen LogP contribution in [0.25, 0.3) is 10.9 Å². The van der Waals surface area contributed by atoms with Crippen LogP contribution < -0.4 is 4.74 Å². The first-order valence-corrected chi connectivity index (χ1v) is 8.09. The maximum absolute atomic E-state index is 11.2. The van der Waals surface area contributed by atoms with Gasteiger partial charge in [0.2, 0.25) is 0 Å². The highest BCUT2D eigenvalue weighted by atomic mass is 16.5. The number of aryl methyl sites for hydroxylation is 1. The molecule has 0 unspecified atom stereocenters. The Morgan fingerprint density at radius 2 is 1.88 bits per heavy atom. The first-order chi connectivity index (χ1) is 11.8. The Morgan fingerprint density at radius 1 is 1.04 bits per heavy atom. The minimum Gasteiger partial charge on any atom is -0.488 e. The molecule has 1 heterocycles. The molecule has 4 nitrogen and oxygen atoms in total. The van der Waals surface area contributed by atoms with Gasteiger partial charge in [0.25, 0.3) is 0 Å². The monoisotopic (exact) mass is 323 g/mol. The smallest absolute Gasteiger partial charge is 0.305 e. The van der Waals surface area contributed by atoms with Crippen molar-refractivity contribution >= 4 is 16.9 Å².